The number of fused-ring (bicyclic) bond motifs is 3. The van der Waals surface area contributed by atoms with E-state index in [4.69, 9.17) is 0 Å². The molecule has 2 aliphatic heterocycles. The van der Waals surface area contributed by atoms with Crippen LogP contribution in [0.15, 0.2) is 48.2 Å². The van der Waals surface area contributed by atoms with Gasteiger partial charge in [-0.25, -0.2) is 0 Å². The SMILES string of the molecule is C/C=C1/N(CCCCCC(=O)NCCN2C(=O)CC(SC)C2=O)c2ccc3ccccc3c2C1(C)C. The maximum Gasteiger partial charge on any atom is 0.242 e. The van der Waals surface area contributed by atoms with Crippen molar-refractivity contribution in [2.75, 3.05) is 30.8 Å². The van der Waals surface area contributed by atoms with Gasteiger partial charge in [0, 0.05) is 49.3 Å². The second-order valence-electron chi connectivity index (χ2n) is 10.1. The summed E-state index contributed by atoms with van der Waals surface area (Å²) < 4.78 is 0. The number of carbonyl (C=O) groups is 3. The van der Waals surface area contributed by atoms with Crippen LogP contribution in [0.3, 0.4) is 0 Å². The molecular weight excluding hydrogens is 470 g/mol. The summed E-state index contributed by atoms with van der Waals surface area (Å²) in [7, 11) is 0. The van der Waals surface area contributed by atoms with E-state index in [1.165, 1.54) is 44.4 Å². The van der Waals surface area contributed by atoms with Crippen LogP contribution in [0, 0.1) is 0 Å². The first-order valence-corrected chi connectivity index (χ1v) is 14.2. The fraction of sp³-hybridized carbons (Fsp3) is 0.483. The van der Waals surface area contributed by atoms with E-state index in [-0.39, 0.29) is 41.4 Å². The summed E-state index contributed by atoms with van der Waals surface area (Å²) >= 11 is 1.40. The number of anilines is 1. The van der Waals surface area contributed by atoms with E-state index in [2.05, 4.69) is 73.5 Å². The number of nitrogens with zero attached hydrogens (tertiary/aromatic N) is 2. The molecule has 36 heavy (non-hydrogen) atoms. The van der Waals surface area contributed by atoms with E-state index in [9.17, 15) is 14.4 Å². The Morgan fingerprint density at radius 2 is 1.86 bits per heavy atom. The number of imide groups is 1. The monoisotopic (exact) mass is 507 g/mol. The number of unbranched alkanes of at least 4 members (excludes halogenated alkanes) is 2. The Morgan fingerprint density at radius 3 is 2.58 bits per heavy atom. The van der Waals surface area contributed by atoms with E-state index < -0.39 is 0 Å². The van der Waals surface area contributed by atoms with Crippen LogP contribution in [0.5, 0.6) is 0 Å². The van der Waals surface area contributed by atoms with E-state index in [1.54, 1.807) is 0 Å². The van der Waals surface area contributed by atoms with Crippen molar-refractivity contribution < 1.29 is 14.4 Å². The summed E-state index contributed by atoms with van der Waals surface area (Å²) in [5, 5.41) is 5.18. The van der Waals surface area contributed by atoms with Gasteiger partial charge >= 0.3 is 0 Å². The number of hydrogen-bond acceptors (Lipinski definition) is 5. The molecule has 2 aromatic rings. The van der Waals surface area contributed by atoms with Crippen molar-refractivity contribution in [3.05, 3.63) is 53.7 Å². The van der Waals surface area contributed by atoms with Crippen molar-refractivity contribution >= 4 is 45.9 Å². The van der Waals surface area contributed by atoms with Gasteiger partial charge in [-0.1, -0.05) is 56.7 Å². The molecule has 2 aliphatic rings. The largest absolute Gasteiger partial charge is 0.354 e. The van der Waals surface area contributed by atoms with Crippen molar-refractivity contribution in [2.45, 2.75) is 63.5 Å². The Morgan fingerprint density at radius 1 is 1.08 bits per heavy atom. The van der Waals surface area contributed by atoms with Crippen LogP contribution in [-0.2, 0) is 19.8 Å². The second-order valence-corrected chi connectivity index (χ2v) is 11.1. The van der Waals surface area contributed by atoms with Crippen LogP contribution in [0.25, 0.3) is 10.8 Å². The number of allylic oxidation sites excluding steroid dienone is 2. The predicted molar refractivity (Wildman–Crippen MR) is 148 cm³/mol. The molecule has 1 N–H and O–H groups in total. The third kappa shape index (κ3) is 5.03. The minimum atomic E-state index is -0.275. The number of carbonyl (C=O) groups excluding carboxylic acids is 3. The van der Waals surface area contributed by atoms with Gasteiger partial charge in [-0.3, -0.25) is 19.3 Å². The summed E-state index contributed by atoms with van der Waals surface area (Å²) in [5.74, 6) is -0.306. The van der Waals surface area contributed by atoms with E-state index in [1.807, 2.05) is 6.26 Å². The Kier molecular flexibility index (Phi) is 8.08. The molecule has 3 amide bonds. The highest BCUT2D eigenvalue weighted by Crippen LogP contribution is 2.50. The molecule has 7 heteroatoms. The third-order valence-corrected chi connectivity index (χ3v) is 8.39. The molecule has 2 aromatic carbocycles. The van der Waals surface area contributed by atoms with E-state index >= 15 is 0 Å². The molecule has 1 saturated heterocycles. The lowest BCUT2D eigenvalue weighted by molar-refractivity contribution is -0.138. The molecule has 0 saturated carbocycles. The van der Waals surface area contributed by atoms with Crippen LogP contribution >= 0.6 is 11.8 Å². The van der Waals surface area contributed by atoms with E-state index in [0.717, 1.165) is 25.8 Å². The molecule has 192 valence electrons. The maximum absolute atomic E-state index is 12.3. The quantitative estimate of drug-likeness (QED) is 0.362. The van der Waals surface area contributed by atoms with Gasteiger partial charge in [-0.05, 0) is 48.4 Å². The van der Waals surface area contributed by atoms with Crippen molar-refractivity contribution in [2.24, 2.45) is 0 Å². The van der Waals surface area contributed by atoms with Gasteiger partial charge in [-0.15, -0.1) is 0 Å². The van der Waals surface area contributed by atoms with Gasteiger partial charge in [-0.2, -0.15) is 11.8 Å². The van der Waals surface area contributed by atoms with Crippen LogP contribution < -0.4 is 10.2 Å². The summed E-state index contributed by atoms with van der Waals surface area (Å²) in [6.45, 7) is 8.23. The lowest BCUT2D eigenvalue weighted by atomic mass is 9.81. The molecule has 0 aromatic heterocycles. The van der Waals surface area contributed by atoms with Crippen LogP contribution in [0.1, 0.15) is 58.4 Å². The Hall–Kier alpha value is -2.80. The third-order valence-electron chi connectivity index (χ3n) is 7.46. The van der Waals surface area contributed by atoms with Gasteiger partial charge in [0.25, 0.3) is 0 Å². The predicted octanol–water partition coefficient (Wildman–Crippen LogP) is 5.01. The highest BCUT2D eigenvalue weighted by molar-refractivity contribution is 8.00. The minimum absolute atomic E-state index is 0.0243. The molecule has 4 rings (SSSR count). The van der Waals surface area contributed by atoms with Crippen molar-refractivity contribution in [3.8, 4) is 0 Å². The molecular formula is C29H37N3O3S. The van der Waals surface area contributed by atoms with Gasteiger partial charge in [0.05, 0.1) is 5.25 Å². The lowest BCUT2D eigenvalue weighted by Gasteiger charge is -2.27. The molecule has 1 fully saturated rings. The molecule has 6 nitrogen and oxygen atoms in total. The Balaban J connectivity index is 1.25. The zero-order valence-corrected chi connectivity index (χ0v) is 22.6. The Bertz CT molecular complexity index is 1190. The molecule has 0 radical (unpaired) electrons. The highest BCUT2D eigenvalue weighted by Gasteiger charge is 2.40. The maximum atomic E-state index is 12.3. The van der Waals surface area contributed by atoms with Crippen molar-refractivity contribution in [1.29, 1.82) is 0 Å². The fourth-order valence-corrected chi connectivity index (χ4v) is 6.33. The first kappa shape index (κ1) is 26.3. The average Bonchev–Trinajstić information content (AvgIpc) is 3.27. The van der Waals surface area contributed by atoms with E-state index in [0.29, 0.717) is 13.0 Å². The summed E-state index contributed by atoms with van der Waals surface area (Å²) in [6, 6.07) is 13.1. The van der Waals surface area contributed by atoms with Gasteiger partial charge in [0.2, 0.25) is 17.7 Å². The summed E-state index contributed by atoms with van der Waals surface area (Å²) in [4.78, 5) is 40.1. The number of rotatable bonds is 10. The lowest BCUT2D eigenvalue weighted by Crippen LogP contribution is -2.38. The van der Waals surface area contributed by atoms with Crippen LogP contribution in [0.4, 0.5) is 5.69 Å². The van der Waals surface area contributed by atoms with Crippen molar-refractivity contribution in [1.82, 2.24) is 10.2 Å². The summed E-state index contributed by atoms with van der Waals surface area (Å²) in [6.07, 6.45) is 7.57. The highest BCUT2D eigenvalue weighted by atomic mass is 32.2. The second kappa shape index (κ2) is 11.1. The normalized spacial score (nSPS) is 20.0. The fourth-order valence-electron chi connectivity index (χ4n) is 5.69. The average molecular weight is 508 g/mol. The van der Waals surface area contributed by atoms with Gasteiger partial charge in [0.1, 0.15) is 0 Å². The zero-order valence-electron chi connectivity index (χ0n) is 21.8. The molecule has 1 atom stereocenters. The summed E-state index contributed by atoms with van der Waals surface area (Å²) in [5.41, 5.74) is 3.96. The number of thioether (sulfide) groups is 1. The van der Waals surface area contributed by atoms with Gasteiger partial charge < -0.3 is 10.2 Å². The minimum Gasteiger partial charge on any atom is -0.354 e. The molecule has 2 heterocycles. The number of hydrogen-bond donors (Lipinski definition) is 1. The number of likely N-dealkylation sites (tertiary alicyclic amines) is 1. The number of nitrogens with one attached hydrogen (secondary N) is 1. The Labute approximate surface area is 218 Å². The van der Waals surface area contributed by atoms with Crippen molar-refractivity contribution in [3.63, 3.8) is 0 Å². The zero-order chi connectivity index (χ0) is 25.9. The molecule has 0 spiro atoms. The first-order chi connectivity index (χ1) is 17.3. The molecule has 0 aliphatic carbocycles. The number of amides is 3. The van der Waals surface area contributed by atoms with Crippen LogP contribution in [-0.4, -0.2) is 53.8 Å². The standard InChI is InChI=1S/C29H37N3O3S/c1-5-24-29(2,3)27-21-12-9-8-11-20(21)14-15-22(27)31(24)17-10-6-7-13-25(33)30-16-18-32-26(34)19-23(36-4)28(32)35/h5,8-9,11-12,14-15,23H,6-7,10,13,16-19H2,1-4H3,(H,30,33)/b24-5+. The smallest absolute Gasteiger partial charge is 0.242 e. The number of benzene rings is 2. The van der Waals surface area contributed by atoms with Gasteiger partial charge in [0.15, 0.2) is 0 Å². The molecule has 1 unspecified atom stereocenters. The van der Waals surface area contributed by atoms with Crippen LogP contribution in [0.2, 0.25) is 0 Å². The molecule has 0 bridgehead atoms. The first-order valence-electron chi connectivity index (χ1n) is 12.9. The topological polar surface area (TPSA) is 69.7 Å².